The van der Waals surface area contributed by atoms with Crippen LogP contribution in [0.1, 0.15) is 92.9 Å². The van der Waals surface area contributed by atoms with Crippen molar-refractivity contribution in [3.8, 4) is 0 Å². The average Bonchev–Trinajstić information content (AvgIpc) is 2.52. The Hall–Kier alpha value is 0.137. The molecule has 2 unspecified atom stereocenters. The van der Waals surface area contributed by atoms with Gasteiger partial charge in [0.05, 0.1) is 0 Å². The second-order valence-electron chi connectivity index (χ2n) is 6.45. The average molecular weight is 317 g/mol. The quantitative estimate of drug-likeness (QED) is 0.271. The second-order valence-corrected chi connectivity index (χ2v) is 10.4. The molecule has 0 radical (unpaired) electrons. The molecule has 0 aromatic carbocycles. The predicted molar refractivity (Wildman–Crippen MR) is 96.1 cm³/mol. The van der Waals surface area contributed by atoms with Crippen molar-refractivity contribution in [1.29, 1.82) is 0 Å². The normalized spacial score (nSPS) is 15.1. The molecular weight excluding hydrogens is 276 g/mol. The van der Waals surface area contributed by atoms with Crippen LogP contribution in [-0.2, 0) is 8.85 Å². The van der Waals surface area contributed by atoms with Crippen LogP contribution < -0.4 is 0 Å². The summed E-state index contributed by atoms with van der Waals surface area (Å²) in [6.07, 6.45) is 9.72. The Morgan fingerprint density at radius 2 is 1.05 bits per heavy atom. The Bertz CT molecular complexity index is 209. The highest BCUT2D eigenvalue weighted by atomic mass is 28.4. The minimum absolute atomic E-state index is 0.579. The standard InChI is InChI=1S/C18H40O2Si/c1-7-11-13-15-19-21(17(5)9-3,18(6)10-4)20-16-14-12-8-2/h17-18H,7-16H2,1-6H3. The Kier molecular flexibility index (Phi) is 12.7. The van der Waals surface area contributed by atoms with E-state index in [4.69, 9.17) is 8.85 Å². The van der Waals surface area contributed by atoms with Crippen LogP contribution in [0, 0.1) is 0 Å². The van der Waals surface area contributed by atoms with Crippen molar-refractivity contribution in [3.05, 3.63) is 0 Å². The molecule has 0 aromatic rings. The van der Waals surface area contributed by atoms with Gasteiger partial charge in [-0.3, -0.25) is 0 Å². The fraction of sp³-hybridized carbons (Fsp3) is 1.00. The van der Waals surface area contributed by atoms with E-state index in [1.54, 1.807) is 0 Å². The van der Waals surface area contributed by atoms with Crippen LogP contribution >= 0.6 is 0 Å². The maximum absolute atomic E-state index is 6.53. The monoisotopic (exact) mass is 316 g/mol. The van der Waals surface area contributed by atoms with Crippen molar-refractivity contribution in [2.75, 3.05) is 13.2 Å². The summed E-state index contributed by atoms with van der Waals surface area (Å²) in [5, 5.41) is 0. The van der Waals surface area contributed by atoms with Crippen molar-refractivity contribution >= 4 is 8.56 Å². The zero-order chi connectivity index (χ0) is 16.1. The Morgan fingerprint density at radius 3 is 1.33 bits per heavy atom. The summed E-state index contributed by atoms with van der Waals surface area (Å²) in [6.45, 7) is 15.5. The maximum Gasteiger partial charge on any atom is 0.343 e. The lowest BCUT2D eigenvalue weighted by Gasteiger charge is -2.40. The van der Waals surface area contributed by atoms with Crippen LogP contribution in [0.25, 0.3) is 0 Å². The first-order valence-corrected chi connectivity index (χ1v) is 11.3. The molecule has 2 nitrogen and oxygen atoms in total. The van der Waals surface area contributed by atoms with Crippen molar-refractivity contribution in [2.45, 2.75) is 104 Å². The fourth-order valence-corrected chi connectivity index (χ4v) is 7.09. The molecule has 128 valence electrons. The van der Waals surface area contributed by atoms with E-state index >= 15 is 0 Å². The van der Waals surface area contributed by atoms with Gasteiger partial charge in [0.25, 0.3) is 0 Å². The lowest BCUT2D eigenvalue weighted by Crippen LogP contribution is -2.50. The van der Waals surface area contributed by atoms with Gasteiger partial charge in [-0.15, -0.1) is 0 Å². The highest BCUT2D eigenvalue weighted by molar-refractivity contribution is 6.70. The zero-order valence-corrected chi connectivity index (χ0v) is 16.5. The molecule has 0 spiro atoms. The van der Waals surface area contributed by atoms with Gasteiger partial charge >= 0.3 is 8.56 Å². The molecule has 0 aliphatic heterocycles. The van der Waals surface area contributed by atoms with Crippen LogP contribution in [0.15, 0.2) is 0 Å². The van der Waals surface area contributed by atoms with Crippen molar-refractivity contribution in [1.82, 2.24) is 0 Å². The first-order valence-electron chi connectivity index (χ1n) is 9.36. The largest absolute Gasteiger partial charge is 0.394 e. The molecule has 0 rings (SSSR count). The summed E-state index contributed by atoms with van der Waals surface area (Å²) in [6, 6.07) is 0. The van der Waals surface area contributed by atoms with Gasteiger partial charge in [-0.1, -0.05) is 80.1 Å². The van der Waals surface area contributed by atoms with E-state index in [1.165, 1.54) is 38.5 Å². The van der Waals surface area contributed by atoms with Crippen LogP contribution in [0.5, 0.6) is 0 Å². The SMILES string of the molecule is CCCCCO[Si](OCCCCC)(C(C)CC)C(C)CC. The Balaban J connectivity index is 4.77. The third kappa shape index (κ3) is 7.29. The third-order valence-corrected chi connectivity index (χ3v) is 9.62. The lowest BCUT2D eigenvalue weighted by molar-refractivity contribution is 0.143. The van der Waals surface area contributed by atoms with Gasteiger partial charge < -0.3 is 8.85 Å². The minimum atomic E-state index is -2.10. The highest BCUT2D eigenvalue weighted by Crippen LogP contribution is 2.39. The number of hydrogen-bond donors (Lipinski definition) is 0. The molecule has 0 bridgehead atoms. The van der Waals surface area contributed by atoms with Gasteiger partial charge in [-0.05, 0) is 23.9 Å². The van der Waals surface area contributed by atoms with E-state index in [-0.39, 0.29) is 0 Å². The van der Waals surface area contributed by atoms with Crippen LogP contribution in [0.4, 0.5) is 0 Å². The summed E-state index contributed by atoms with van der Waals surface area (Å²) in [4.78, 5) is 0. The van der Waals surface area contributed by atoms with E-state index in [0.717, 1.165) is 26.1 Å². The topological polar surface area (TPSA) is 18.5 Å². The molecule has 0 N–H and O–H groups in total. The Morgan fingerprint density at radius 1 is 0.667 bits per heavy atom. The third-order valence-electron chi connectivity index (χ3n) is 4.75. The predicted octanol–water partition coefficient (Wildman–Crippen LogP) is 6.44. The summed E-state index contributed by atoms with van der Waals surface area (Å²) in [7, 11) is -2.10. The maximum atomic E-state index is 6.53. The van der Waals surface area contributed by atoms with Crippen molar-refractivity contribution in [2.24, 2.45) is 0 Å². The molecule has 0 aliphatic carbocycles. The van der Waals surface area contributed by atoms with Crippen molar-refractivity contribution < 1.29 is 8.85 Å². The molecule has 2 atom stereocenters. The van der Waals surface area contributed by atoms with Gasteiger partial charge in [0.15, 0.2) is 0 Å². The van der Waals surface area contributed by atoms with Gasteiger partial charge in [0.1, 0.15) is 0 Å². The van der Waals surface area contributed by atoms with E-state index < -0.39 is 8.56 Å². The lowest BCUT2D eigenvalue weighted by atomic mass is 10.3. The molecule has 3 heteroatoms. The van der Waals surface area contributed by atoms with Gasteiger partial charge in [0, 0.05) is 13.2 Å². The molecule has 0 saturated carbocycles. The molecule has 0 fully saturated rings. The minimum Gasteiger partial charge on any atom is -0.394 e. The van der Waals surface area contributed by atoms with Crippen LogP contribution in [0.3, 0.4) is 0 Å². The second kappa shape index (κ2) is 12.7. The summed E-state index contributed by atoms with van der Waals surface area (Å²) < 4.78 is 13.1. The molecule has 21 heavy (non-hydrogen) atoms. The Labute approximate surface area is 135 Å². The first-order chi connectivity index (χ1) is 10.1. The zero-order valence-electron chi connectivity index (χ0n) is 15.5. The smallest absolute Gasteiger partial charge is 0.343 e. The highest BCUT2D eigenvalue weighted by Gasteiger charge is 2.47. The van der Waals surface area contributed by atoms with Crippen LogP contribution in [-0.4, -0.2) is 21.8 Å². The first kappa shape index (κ1) is 21.1. The molecule has 0 amide bonds. The van der Waals surface area contributed by atoms with E-state index in [0.29, 0.717) is 11.1 Å². The van der Waals surface area contributed by atoms with Gasteiger partial charge in [-0.2, -0.15) is 0 Å². The summed E-state index contributed by atoms with van der Waals surface area (Å²) in [5.41, 5.74) is 1.16. The fourth-order valence-electron chi connectivity index (χ4n) is 2.83. The summed E-state index contributed by atoms with van der Waals surface area (Å²) >= 11 is 0. The van der Waals surface area contributed by atoms with Gasteiger partial charge in [-0.25, -0.2) is 0 Å². The molecule has 0 heterocycles. The summed E-state index contributed by atoms with van der Waals surface area (Å²) in [5.74, 6) is 0. The molecule has 0 aromatic heterocycles. The van der Waals surface area contributed by atoms with Crippen LogP contribution in [0.2, 0.25) is 11.1 Å². The van der Waals surface area contributed by atoms with E-state index in [1.807, 2.05) is 0 Å². The van der Waals surface area contributed by atoms with Crippen molar-refractivity contribution in [3.63, 3.8) is 0 Å². The molecule has 0 saturated heterocycles. The number of rotatable bonds is 14. The number of hydrogen-bond acceptors (Lipinski definition) is 2. The van der Waals surface area contributed by atoms with Gasteiger partial charge in [0.2, 0.25) is 0 Å². The molecule has 0 aliphatic rings. The van der Waals surface area contributed by atoms with E-state index in [9.17, 15) is 0 Å². The molecular formula is C18H40O2Si. The number of unbranched alkanes of at least 4 members (excludes halogenated alkanes) is 4. The van der Waals surface area contributed by atoms with E-state index in [2.05, 4.69) is 41.5 Å².